The molecule has 2 N–H and O–H groups in total. The molecule has 1 aliphatic heterocycles. The lowest BCUT2D eigenvalue weighted by molar-refractivity contribution is 0.0852. The van der Waals surface area contributed by atoms with Crippen LogP contribution in [0.1, 0.15) is 34.8 Å². The number of amides is 1. The summed E-state index contributed by atoms with van der Waals surface area (Å²) in [5.41, 5.74) is 7.54. The summed E-state index contributed by atoms with van der Waals surface area (Å²) in [7, 11) is 0. The molecule has 0 spiro atoms. The highest BCUT2D eigenvalue weighted by atomic mass is 16.5. The van der Waals surface area contributed by atoms with Crippen molar-refractivity contribution in [2.24, 2.45) is 5.73 Å². The van der Waals surface area contributed by atoms with Crippen LogP contribution < -0.4 is 5.73 Å². The largest absolute Gasteiger partial charge is 0.381 e. The maximum absolute atomic E-state index is 11.1. The number of hydrogen-bond donors (Lipinski definition) is 1. The quantitative estimate of drug-likeness (QED) is 0.867. The van der Waals surface area contributed by atoms with Crippen LogP contribution in [-0.4, -0.2) is 28.5 Å². The van der Waals surface area contributed by atoms with Crippen LogP contribution in [0.5, 0.6) is 0 Å². The third-order valence-electron chi connectivity index (χ3n) is 3.42. The van der Waals surface area contributed by atoms with Crippen molar-refractivity contribution in [2.75, 3.05) is 13.2 Å². The van der Waals surface area contributed by atoms with E-state index < -0.39 is 5.91 Å². The van der Waals surface area contributed by atoms with Crippen LogP contribution in [0.15, 0.2) is 24.5 Å². The normalized spacial score (nSPS) is 17.1. The topological polar surface area (TPSA) is 69.6 Å². The fourth-order valence-corrected chi connectivity index (χ4v) is 2.40. The number of ether oxygens (including phenoxy) is 1. The van der Waals surface area contributed by atoms with Crippen LogP contribution in [0.3, 0.4) is 0 Å². The molecule has 18 heavy (non-hydrogen) atoms. The highest BCUT2D eigenvalue weighted by molar-refractivity contribution is 5.91. The molecule has 0 radical (unpaired) electrons. The van der Waals surface area contributed by atoms with Gasteiger partial charge in [0.2, 0.25) is 0 Å². The molecule has 3 heterocycles. The predicted molar refractivity (Wildman–Crippen MR) is 66.5 cm³/mol. The molecule has 0 saturated carbocycles. The monoisotopic (exact) mass is 245 g/mol. The summed E-state index contributed by atoms with van der Waals surface area (Å²) in [6, 6.07) is 4.00. The van der Waals surface area contributed by atoms with E-state index in [0.29, 0.717) is 11.6 Å². The Hall–Kier alpha value is -1.88. The average molecular weight is 245 g/mol. The number of rotatable bonds is 2. The Morgan fingerprint density at radius 3 is 2.83 bits per heavy atom. The van der Waals surface area contributed by atoms with Gasteiger partial charge in [0.05, 0.1) is 0 Å². The molecule has 2 aromatic heterocycles. The molecular formula is C13H15N3O2. The third kappa shape index (κ3) is 1.97. The minimum atomic E-state index is -0.494. The van der Waals surface area contributed by atoms with Crippen LogP contribution in [0, 0.1) is 0 Å². The Bertz CT molecular complexity index is 585. The number of pyridine rings is 1. The predicted octanol–water partition coefficient (Wildman–Crippen LogP) is 1.33. The van der Waals surface area contributed by atoms with Crippen LogP contribution in [0.4, 0.5) is 0 Å². The lowest BCUT2D eigenvalue weighted by atomic mass is 9.93. The van der Waals surface area contributed by atoms with Crippen LogP contribution >= 0.6 is 0 Å². The van der Waals surface area contributed by atoms with Crippen molar-refractivity contribution < 1.29 is 9.53 Å². The molecule has 3 rings (SSSR count). The number of carbonyl (C=O) groups is 1. The van der Waals surface area contributed by atoms with E-state index in [2.05, 4.69) is 11.1 Å². The zero-order chi connectivity index (χ0) is 12.5. The SMILES string of the molecule is NC(=O)c1cn2cc(C3CCOCC3)ccc2n1. The summed E-state index contributed by atoms with van der Waals surface area (Å²) in [4.78, 5) is 15.2. The first-order chi connectivity index (χ1) is 8.74. The van der Waals surface area contributed by atoms with Crippen molar-refractivity contribution in [3.63, 3.8) is 0 Å². The summed E-state index contributed by atoms with van der Waals surface area (Å²) in [5.74, 6) is 0.0360. The number of aromatic nitrogens is 2. The summed E-state index contributed by atoms with van der Waals surface area (Å²) in [6.07, 6.45) is 5.80. The first-order valence-electron chi connectivity index (χ1n) is 6.10. The fraction of sp³-hybridized carbons (Fsp3) is 0.385. The molecule has 5 nitrogen and oxygen atoms in total. The minimum absolute atomic E-state index is 0.305. The summed E-state index contributed by atoms with van der Waals surface area (Å²) in [5, 5.41) is 0. The minimum Gasteiger partial charge on any atom is -0.381 e. The van der Waals surface area contributed by atoms with Gasteiger partial charge in [-0.05, 0) is 30.4 Å². The van der Waals surface area contributed by atoms with Crippen molar-refractivity contribution in [1.29, 1.82) is 0 Å². The second-order valence-electron chi connectivity index (χ2n) is 4.60. The number of fused-ring (bicyclic) bond motifs is 1. The van der Waals surface area contributed by atoms with E-state index in [9.17, 15) is 4.79 Å². The number of hydrogen-bond acceptors (Lipinski definition) is 3. The van der Waals surface area contributed by atoms with Crippen LogP contribution in [0.2, 0.25) is 0 Å². The molecule has 2 aromatic rings. The average Bonchev–Trinajstić information content (AvgIpc) is 2.82. The second-order valence-corrected chi connectivity index (χ2v) is 4.60. The smallest absolute Gasteiger partial charge is 0.268 e. The van der Waals surface area contributed by atoms with Gasteiger partial charge in [0.15, 0.2) is 0 Å². The Labute approximate surface area is 105 Å². The third-order valence-corrected chi connectivity index (χ3v) is 3.42. The zero-order valence-electron chi connectivity index (χ0n) is 10.0. The van der Waals surface area contributed by atoms with E-state index in [0.717, 1.165) is 31.7 Å². The number of nitrogens with zero attached hydrogens (tertiary/aromatic N) is 2. The molecule has 94 valence electrons. The van der Waals surface area contributed by atoms with Gasteiger partial charge in [-0.1, -0.05) is 6.07 Å². The number of carbonyl (C=O) groups excluding carboxylic acids is 1. The molecule has 1 saturated heterocycles. The van der Waals surface area contributed by atoms with Crippen LogP contribution in [-0.2, 0) is 4.74 Å². The Kier molecular flexibility index (Phi) is 2.76. The second kappa shape index (κ2) is 4.42. The van der Waals surface area contributed by atoms with Crippen molar-refractivity contribution in [1.82, 2.24) is 9.38 Å². The molecule has 0 atom stereocenters. The van der Waals surface area contributed by atoms with Crippen molar-refractivity contribution >= 4 is 11.6 Å². The van der Waals surface area contributed by atoms with Gasteiger partial charge in [-0.2, -0.15) is 0 Å². The molecule has 0 aromatic carbocycles. The number of imidazole rings is 1. The Balaban J connectivity index is 1.96. The Morgan fingerprint density at radius 2 is 2.11 bits per heavy atom. The maximum Gasteiger partial charge on any atom is 0.268 e. The van der Waals surface area contributed by atoms with Crippen molar-refractivity contribution in [3.05, 3.63) is 35.8 Å². The van der Waals surface area contributed by atoms with E-state index >= 15 is 0 Å². The molecule has 0 unspecified atom stereocenters. The van der Waals surface area contributed by atoms with Gasteiger partial charge in [0.25, 0.3) is 5.91 Å². The Morgan fingerprint density at radius 1 is 1.33 bits per heavy atom. The molecule has 1 aliphatic rings. The number of primary amides is 1. The van der Waals surface area contributed by atoms with Gasteiger partial charge < -0.3 is 14.9 Å². The van der Waals surface area contributed by atoms with Gasteiger partial charge in [0.1, 0.15) is 11.3 Å². The highest BCUT2D eigenvalue weighted by Gasteiger charge is 2.16. The van der Waals surface area contributed by atoms with E-state index in [1.165, 1.54) is 5.56 Å². The van der Waals surface area contributed by atoms with E-state index in [1.54, 1.807) is 6.20 Å². The summed E-state index contributed by atoms with van der Waals surface area (Å²) in [6.45, 7) is 1.64. The standard InChI is InChI=1S/C13H15N3O2/c14-13(17)11-8-16-7-10(1-2-12(16)15-11)9-3-5-18-6-4-9/h1-2,7-9H,3-6H2,(H2,14,17). The molecule has 5 heteroatoms. The molecule has 1 amide bonds. The molecule has 1 fully saturated rings. The highest BCUT2D eigenvalue weighted by Crippen LogP contribution is 2.26. The van der Waals surface area contributed by atoms with E-state index in [4.69, 9.17) is 10.5 Å². The molecule has 0 bridgehead atoms. The van der Waals surface area contributed by atoms with E-state index in [1.807, 2.05) is 16.7 Å². The van der Waals surface area contributed by atoms with Crippen molar-refractivity contribution in [2.45, 2.75) is 18.8 Å². The van der Waals surface area contributed by atoms with Gasteiger partial charge in [-0.3, -0.25) is 4.79 Å². The van der Waals surface area contributed by atoms with Gasteiger partial charge in [-0.25, -0.2) is 4.98 Å². The van der Waals surface area contributed by atoms with Gasteiger partial charge in [-0.15, -0.1) is 0 Å². The lowest BCUT2D eigenvalue weighted by Gasteiger charge is -2.22. The van der Waals surface area contributed by atoms with E-state index in [-0.39, 0.29) is 0 Å². The van der Waals surface area contributed by atoms with Gasteiger partial charge >= 0.3 is 0 Å². The molecule has 0 aliphatic carbocycles. The molecular weight excluding hydrogens is 230 g/mol. The first-order valence-corrected chi connectivity index (χ1v) is 6.10. The first kappa shape index (κ1) is 11.2. The lowest BCUT2D eigenvalue weighted by Crippen LogP contribution is -2.14. The van der Waals surface area contributed by atoms with Gasteiger partial charge in [0, 0.05) is 25.6 Å². The van der Waals surface area contributed by atoms with Crippen molar-refractivity contribution in [3.8, 4) is 0 Å². The fourth-order valence-electron chi connectivity index (χ4n) is 2.40. The maximum atomic E-state index is 11.1. The summed E-state index contributed by atoms with van der Waals surface area (Å²) >= 11 is 0. The van der Waals surface area contributed by atoms with Crippen LogP contribution in [0.25, 0.3) is 5.65 Å². The summed E-state index contributed by atoms with van der Waals surface area (Å²) < 4.78 is 7.23. The number of nitrogens with two attached hydrogens (primary N) is 1. The zero-order valence-corrected chi connectivity index (χ0v) is 10.0.